The molecule has 2 aromatic carbocycles. The average molecular weight is 508 g/mol. The van der Waals surface area contributed by atoms with Crippen molar-refractivity contribution in [2.75, 3.05) is 22.5 Å². The minimum atomic E-state index is -0.839. The number of rotatable bonds is 10. The van der Waals surface area contributed by atoms with E-state index in [0.29, 0.717) is 42.0 Å². The highest BCUT2D eigenvalue weighted by Gasteiger charge is 2.17. The number of anilines is 4. The molecule has 1 heterocycles. The van der Waals surface area contributed by atoms with Crippen molar-refractivity contribution in [1.82, 2.24) is 10.3 Å². The number of halogens is 1. The number of urea groups is 1. The van der Waals surface area contributed by atoms with Crippen LogP contribution in [-0.2, 0) is 11.2 Å². The van der Waals surface area contributed by atoms with Crippen LogP contribution in [0.3, 0.4) is 0 Å². The van der Waals surface area contributed by atoms with E-state index in [1.807, 2.05) is 6.92 Å². The molecule has 5 N–H and O–H groups in total. The van der Waals surface area contributed by atoms with Crippen LogP contribution in [0.5, 0.6) is 0 Å². The lowest BCUT2D eigenvalue weighted by Gasteiger charge is -2.15. The Morgan fingerprint density at radius 2 is 1.70 bits per heavy atom. The number of hydrogen-bond acceptors (Lipinski definition) is 5. The van der Waals surface area contributed by atoms with Gasteiger partial charge in [-0.1, -0.05) is 19.1 Å². The lowest BCUT2D eigenvalue weighted by molar-refractivity contribution is -0.141. The van der Waals surface area contributed by atoms with E-state index in [4.69, 9.17) is 0 Å². The average Bonchev–Trinajstić information content (AvgIpc) is 2.86. The number of carbonyl (C=O) groups is 3. The summed E-state index contributed by atoms with van der Waals surface area (Å²) >= 11 is 0. The molecule has 194 valence electrons. The van der Waals surface area contributed by atoms with Crippen molar-refractivity contribution in [3.05, 3.63) is 77.2 Å². The van der Waals surface area contributed by atoms with Gasteiger partial charge in [-0.2, -0.15) is 0 Å². The van der Waals surface area contributed by atoms with E-state index in [1.54, 1.807) is 50.2 Å². The molecule has 9 nitrogen and oxygen atoms in total. The van der Waals surface area contributed by atoms with Gasteiger partial charge in [0.2, 0.25) is 0 Å². The first-order valence-electron chi connectivity index (χ1n) is 11.9. The first-order valence-corrected chi connectivity index (χ1v) is 11.9. The van der Waals surface area contributed by atoms with E-state index in [2.05, 4.69) is 26.3 Å². The number of aromatic nitrogens is 1. The molecule has 10 heteroatoms. The number of carboxylic acid groups (broad SMARTS) is 1. The largest absolute Gasteiger partial charge is 0.481 e. The molecule has 1 unspecified atom stereocenters. The third-order valence-corrected chi connectivity index (χ3v) is 5.70. The van der Waals surface area contributed by atoms with Crippen LogP contribution >= 0.6 is 0 Å². The first kappa shape index (κ1) is 27.1. The van der Waals surface area contributed by atoms with Gasteiger partial charge in [-0.3, -0.25) is 14.9 Å². The lowest BCUT2D eigenvalue weighted by atomic mass is 9.97. The van der Waals surface area contributed by atoms with E-state index in [-0.39, 0.29) is 17.2 Å². The van der Waals surface area contributed by atoms with Crippen LogP contribution in [0.15, 0.2) is 54.7 Å². The lowest BCUT2D eigenvalue weighted by Crippen LogP contribution is -2.28. The Morgan fingerprint density at radius 3 is 2.32 bits per heavy atom. The zero-order valence-electron chi connectivity index (χ0n) is 20.9. The normalized spacial score (nSPS) is 11.4. The molecule has 0 spiro atoms. The highest BCUT2D eigenvalue weighted by Crippen LogP contribution is 2.26. The van der Waals surface area contributed by atoms with Crippen molar-refractivity contribution in [2.45, 2.75) is 33.6 Å². The molecule has 0 fully saturated rings. The predicted molar refractivity (Wildman–Crippen MR) is 141 cm³/mol. The van der Waals surface area contributed by atoms with Crippen molar-refractivity contribution < 1.29 is 23.9 Å². The molecule has 0 bridgehead atoms. The maximum Gasteiger partial charge on any atom is 0.320 e. The second-order valence-electron chi connectivity index (χ2n) is 8.49. The number of hydrogen-bond donors (Lipinski definition) is 5. The maximum absolute atomic E-state index is 13.7. The van der Waals surface area contributed by atoms with Crippen molar-refractivity contribution >= 4 is 40.8 Å². The van der Waals surface area contributed by atoms with Gasteiger partial charge in [0, 0.05) is 30.2 Å². The number of nitrogens with zero attached hydrogens (tertiary/aromatic N) is 1. The SMILES string of the molecule is CCNC(=O)Nc1cc(Nc2ccc(F)c(C)c2)c(C(=O)Nc2ccc(CC(CC)C(=O)O)cc2)cn1. The summed E-state index contributed by atoms with van der Waals surface area (Å²) in [7, 11) is 0. The number of amides is 3. The zero-order chi connectivity index (χ0) is 26.9. The zero-order valence-corrected chi connectivity index (χ0v) is 20.9. The van der Waals surface area contributed by atoms with Gasteiger partial charge in [0.25, 0.3) is 5.91 Å². The number of benzene rings is 2. The van der Waals surface area contributed by atoms with E-state index >= 15 is 0 Å². The Hall–Kier alpha value is -4.47. The van der Waals surface area contributed by atoms with Gasteiger partial charge < -0.3 is 21.1 Å². The van der Waals surface area contributed by atoms with Gasteiger partial charge in [-0.15, -0.1) is 0 Å². The minimum absolute atomic E-state index is 0.199. The summed E-state index contributed by atoms with van der Waals surface area (Å²) in [6.07, 6.45) is 2.26. The summed E-state index contributed by atoms with van der Waals surface area (Å²) in [6, 6.07) is 12.5. The third-order valence-electron chi connectivity index (χ3n) is 5.70. The predicted octanol–water partition coefficient (Wildman–Crippen LogP) is 5.32. The second kappa shape index (κ2) is 12.5. The molecule has 0 saturated heterocycles. The van der Waals surface area contributed by atoms with Crippen LogP contribution in [-0.4, -0.2) is 34.5 Å². The Kier molecular flexibility index (Phi) is 9.15. The monoisotopic (exact) mass is 507 g/mol. The Bertz CT molecular complexity index is 1280. The van der Waals surface area contributed by atoms with Gasteiger partial charge in [-0.05, 0) is 68.1 Å². The van der Waals surface area contributed by atoms with Gasteiger partial charge in [0.05, 0.1) is 17.2 Å². The second-order valence-corrected chi connectivity index (χ2v) is 8.49. The van der Waals surface area contributed by atoms with Crippen LogP contribution < -0.4 is 21.3 Å². The van der Waals surface area contributed by atoms with Gasteiger partial charge >= 0.3 is 12.0 Å². The fourth-order valence-electron chi connectivity index (χ4n) is 3.62. The number of aryl methyl sites for hydroxylation is 1. The van der Waals surface area contributed by atoms with E-state index in [9.17, 15) is 23.9 Å². The molecule has 0 aliphatic heterocycles. The summed E-state index contributed by atoms with van der Waals surface area (Å²) in [5, 5.41) is 20.4. The van der Waals surface area contributed by atoms with Crippen LogP contribution in [0.1, 0.15) is 41.8 Å². The van der Waals surface area contributed by atoms with Crippen molar-refractivity contribution in [1.29, 1.82) is 0 Å². The molecule has 1 aromatic heterocycles. The molecule has 0 saturated carbocycles. The summed E-state index contributed by atoms with van der Waals surface area (Å²) < 4.78 is 13.7. The number of aliphatic carboxylic acids is 1. The molecular weight excluding hydrogens is 477 g/mol. The topological polar surface area (TPSA) is 132 Å². The summed E-state index contributed by atoms with van der Waals surface area (Å²) in [5.41, 5.74) is 2.91. The number of carboxylic acids is 1. The number of carbonyl (C=O) groups excluding carboxylic acids is 2. The Morgan fingerprint density at radius 1 is 1.00 bits per heavy atom. The molecule has 3 amide bonds. The molecule has 0 radical (unpaired) electrons. The van der Waals surface area contributed by atoms with E-state index in [1.165, 1.54) is 18.3 Å². The Balaban J connectivity index is 1.83. The summed E-state index contributed by atoms with van der Waals surface area (Å²) in [6.45, 7) is 5.68. The maximum atomic E-state index is 13.7. The third kappa shape index (κ3) is 7.50. The van der Waals surface area contributed by atoms with E-state index in [0.717, 1.165) is 5.56 Å². The Labute approximate surface area is 214 Å². The van der Waals surface area contributed by atoms with Crippen molar-refractivity contribution in [2.24, 2.45) is 5.92 Å². The van der Waals surface area contributed by atoms with E-state index < -0.39 is 23.8 Å². The minimum Gasteiger partial charge on any atom is -0.481 e. The molecule has 3 rings (SSSR count). The highest BCUT2D eigenvalue weighted by molar-refractivity contribution is 6.08. The van der Waals surface area contributed by atoms with Crippen LogP contribution in [0.4, 0.5) is 32.1 Å². The van der Waals surface area contributed by atoms with Crippen molar-refractivity contribution in [3.8, 4) is 0 Å². The molecule has 0 aliphatic rings. The number of nitrogens with one attached hydrogen (secondary N) is 4. The molecule has 37 heavy (non-hydrogen) atoms. The molecule has 0 aliphatic carbocycles. The molecule has 1 atom stereocenters. The fourth-order valence-corrected chi connectivity index (χ4v) is 3.62. The van der Waals surface area contributed by atoms with Gasteiger partial charge in [-0.25, -0.2) is 14.2 Å². The first-order chi connectivity index (χ1) is 17.7. The van der Waals surface area contributed by atoms with Crippen molar-refractivity contribution in [3.63, 3.8) is 0 Å². The fraction of sp³-hybridized carbons (Fsp3) is 0.259. The van der Waals surface area contributed by atoms with Crippen LogP contribution in [0, 0.1) is 18.7 Å². The smallest absolute Gasteiger partial charge is 0.320 e. The molecular formula is C27H30FN5O4. The standard InChI is InChI=1S/C27H30FN5O4/c1-4-18(26(35)36)13-17-6-8-19(9-7-17)32-25(34)21-15-30-24(33-27(37)29-5-2)14-23(21)31-20-10-11-22(28)16(3)12-20/h6-12,14-15,18H,4-5,13H2,1-3H3,(H,32,34)(H,35,36)(H3,29,30,31,33,37). The molecule has 3 aromatic rings. The van der Waals surface area contributed by atoms with Gasteiger partial charge in [0.15, 0.2) is 0 Å². The van der Waals surface area contributed by atoms with Crippen LogP contribution in [0.2, 0.25) is 0 Å². The van der Waals surface area contributed by atoms with Crippen LogP contribution in [0.25, 0.3) is 0 Å². The number of pyridine rings is 1. The quantitative estimate of drug-likeness (QED) is 0.252. The summed E-state index contributed by atoms with van der Waals surface area (Å²) in [4.78, 5) is 40.6. The summed E-state index contributed by atoms with van der Waals surface area (Å²) in [5.74, 6) is -1.90. The highest BCUT2D eigenvalue weighted by atomic mass is 19.1. The van der Waals surface area contributed by atoms with Gasteiger partial charge in [0.1, 0.15) is 11.6 Å².